The van der Waals surface area contributed by atoms with Gasteiger partial charge in [0.1, 0.15) is 0 Å². The summed E-state index contributed by atoms with van der Waals surface area (Å²) in [5.74, 6) is 0.764. The maximum Gasteiger partial charge on any atom is 0.275 e. The summed E-state index contributed by atoms with van der Waals surface area (Å²) in [4.78, 5) is 34.4. The van der Waals surface area contributed by atoms with Crippen LogP contribution in [0.25, 0.3) is 21.8 Å². The third kappa shape index (κ3) is 2.83. The van der Waals surface area contributed by atoms with E-state index in [0.29, 0.717) is 42.6 Å². The van der Waals surface area contributed by atoms with Gasteiger partial charge >= 0.3 is 0 Å². The second-order valence-corrected chi connectivity index (χ2v) is 7.56. The minimum absolute atomic E-state index is 0.147. The van der Waals surface area contributed by atoms with Crippen molar-refractivity contribution < 1.29 is 4.79 Å². The second-order valence-electron chi connectivity index (χ2n) is 7.56. The summed E-state index contributed by atoms with van der Waals surface area (Å²) >= 11 is 0. The number of carbonyl (C=O) groups excluding carboxylic acids is 1. The summed E-state index contributed by atoms with van der Waals surface area (Å²) in [6, 6.07) is 15.2. The zero-order chi connectivity index (χ0) is 20.8. The van der Waals surface area contributed by atoms with Crippen molar-refractivity contribution in [3.05, 3.63) is 64.6 Å². The number of para-hydroxylation sites is 2. The van der Waals surface area contributed by atoms with Gasteiger partial charge in [-0.25, -0.2) is 9.67 Å². The third-order valence-corrected chi connectivity index (χ3v) is 5.77. The van der Waals surface area contributed by atoms with E-state index in [2.05, 4.69) is 20.6 Å². The van der Waals surface area contributed by atoms with Gasteiger partial charge in [0.05, 0.1) is 16.4 Å². The maximum absolute atomic E-state index is 13.2. The van der Waals surface area contributed by atoms with Crippen LogP contribution >= 0.6 is 0 Å². The molecule has 1 amide bonds. The zero-order valence-corrected chi connectivity index (χ0v) is 16.9. The predicted octanol–water partition coefficient (Wildman–Crippen LogP) is 1.78. The Morgan fingerprint density at radius 1 is 0.900 bits per heavy atom. The van der Waals surface area contributed by atoms with Gasteiger partial charge in [0.15, 0.2) is 5.69 Å². The average molecular weight is 402 g/mol. The van der Waals surface area contributed by atoms with Crippen molar-refractivity contribution in [3.63, 3.8) is 0 Å². The van der Waals surface area contributed by atoms with E-state index in [1.165, 1.54) is 4.68 Å². The molecule has 3 heterocycles. The van der Waals surface area contributed by atoms with Gasteiger partial charge < -0.3 is 14.4 Å². The molecular weight excluding hydrogens is 380 g/mol. The molecule has 8 nitrogen and oxygen atoms in total. The SMILES string of the molecule is Cn1nc(C(=O)N2CCN(c3nc4ccccc4n3C)CC2)c2ccccc2c1=O. The number of nitrogens with zero attached hydrogens (tertiary/aromatic N) is 6. The Balaban J connectivity index is 1.40. The van der Waals surface area contributed by atoms with Crippen LogP contribution in [0.1, 0.15) is 10.5 Å². The first-order valence-corrected chi connectivity index (χ1v) is 9.96. The Morgan fingerprint density at radius 3 is 2.30 bits per heavy atom. The molecule has 0 spiro atoms. The number of carbonyl (C=O) groups is 1. The summed E-state index contributed by atoms with van der Waals surface area (Å²) < 4.78 is 3.33. The third-order valence-electron chi connectivity index (χ3n) is 5.77. The number of rotatable bonds is 2. The fraction of sp³-hybridized carbons (Fsp3) is 0.273. The topological polar surface area (TPSA) is 76.3 Å². The quantitative estimate of drug-likeness (QED) is 0.511. The van der Waals surface area contributed by atoms with E-state index in [0.717, 1.165) is 17.0 Å². The predicted molar refractivity (Wildman–Crippen MR) is 116 cm³/mol. The highest BCUT2D eigenvalue weighted by atomic mass is 16.2. The molecule has 1 fully saturated rings. The fourth-order valence-electron chi connectivity index (χ4n) is 4.13. The molecule has 1 aliphatic heterocycles. The van der Waals surface area contributed by atoms with Gasteiger partial charge in [0.2, 0.25) is 5.95 Å². The van der Waals surface area contributed by atoms with E-state index in [1.54, 1.807) is 30.1 Å². The molecule has 0 bridgehead atoms. The minimum atomic E-state index is -0.200. The number of hydrogen-bond donors (Lipinski definition) is 0. The minimum Gasteiger partial charge on any atom is -0.339 e. The van der Waals surface area contributed by atoms with Crippen molar-refractivity contribution in [1.82, 2.24) is 24.2 Å². The number of aromatic nitrogens is 4. The molecule has 0 atom stereocenters. The first kappa shape index (κ1) is 18.4. The van der Waals surface area contributed by atoms with Crippen LogP contribution in [0.2, 0.25) is 0 Å². The molecular formula is C22H22N6O2. The number of aryl methyl sites for hydroxylation is 2. The monoisotopic (exact) mass is 402 g/mol. The van der Waals surface area contributed by atoms with Gasteiger partial charge in [0.25, 0.3) is 11.5 Å². The molecule has 2 aromatic heterocycles. The lowest BCUT2D eigenvalue weighted by Gasteiger charge is -2.35. The molecule has 0 unspecified atom stereocenters. The van der Waals surface area contributed by atoms with Crippen molar-refractivity contribution in [1.29, 1.82) is 0 Å². The van der Waals surface area contributed by atoms with Crippen LogP contribution < -0.4 is 10.5 Å². The van der Waals surface area contributed by atoms with Gasteiger partial charge in [0, 0.05) is 45.7 Å². The lowest BCUT2D eigenvalue weighted by molar-refractivity contribution is 0.0740. The van der Waals surface area contributed by atoms with Gasteiger partial charge in [-0.1, -0.05) is 30.3 Å². The number of fused-ring (bicyclic) bond motifs is 2. The lowest BCUT2D eigenvalue weighted by Crippen LogP contribution is -2.49. The van der Waals surface area contributed by atoms with Gasteiger partial charge in [-0.2, -0.15) is 5.10 Å². The van der Waals surface area contributed by atoms with Crippen molar-refractivity contribution in [2.24, 2.45) is 14.1 Å². The van der Waals surface area contributed by atoms with Crippen LogP contribution in [-0.4, -0.2) is 56.3 Å². The van der Waals surface area contributed by atoms with Crippen molar-refractivity contribution in [3.8, 4) is 0 Å². The molecule has 0 saturated carbocycles. The molecule has 4 aromatic rings. The van der Waals surface area contributed by atoms with Crippen molar-refractivity contribution in [2.75, 3.05) is 31.1 Å². The fourth-order valence-corrected chi connectivity index (χ4v) is 4.13. The number of imidazole rings is 1. The van der Waals surface area contributed by atoms with E-state index < -0.39 is 0 Å². The molecule has 0 radical (unpaired) electrons. The molecule has 2 aromatic carbocycles. The molecule has 0 N–H and O–H groups in total. The molecule has 30 heavy (non-hydrogen) atoms. The standard InChI is InChI=1S/C22H22N6O2/c1-25-18-10-6-5-9-17(18)23-22(25)28-13-11-27(12-14-28)21(30)19-15-7-3-4-8-16(15)20(29)26(2)24-19/h3-10H,11-14H2,1-2H3. The number of piperazine rings is 1. The molecule has 0 aliphatic carbocycles. The van der Waals surface area contributed by atoms with E-state index in [9.17, 15) is 9.59 Å². The van der Waals surface area contributed by atoms with Crippen LogP contribution in [0.15, 0.2) is 53.3 Å². The number of anilines is 1. The summed E-state index contributed by atoms with van der Waals surface area (Å²) in [6.45, 7) is 2.51. The summed E-state index contributed by atoms with van der Waals surface area (Å²) in [6.07, 6.45) is 0. The largest absolute Gasteiger partial charge is 0.339 e. The Morgan fingerprint density at radius 2 is 1.57 bits per heavy atom. The summed E-state index contributed by atoms with van der Waals surface area (Å²) in [7, 11) is 3.60. The van der Waals surface area contributed by atoms with Crippen LogP contribution in [0.5, 0.6) is 0 Å². The highest BCUT2D eigenvalue weighted by Crippen LogP contribution is 2.23. The Bertz CT molecular complexity index is 1330. The summed E-state index contributed by atoms with van der Waals surface area (Å²) in [5.41, 5.74) is 2.18. The molecule has 5 rings (SSSR count). The Kier molecular flexibility index (Phi) is 4.27. The van der Waals surface area contributed by atoms with Crippen LogP contribution in [0.3, 0.4) is 0 Å². The van der Waals surface area contributed by atoms with Gasteiger partial charge in [-0.3, -0.25) is 9.59 Å². The average Bonchev–Trinajstić information content (AvgIpc) is 3.12. The highest BCUT2D eigenvalue weighted by Gasteiger charge is 2.27. The molecule has 1 aliphatic rings. The van der Waals surface area contributed by atoms with E-state index in [4.69, 9.17) is 4.98 Å². The van der Waals surface area contributed by atoms with Crippen molar-refractivity contribution in [2.45, 2.75) is 0 Å². The first-order chi connectivity index (χ1) is 14.5. The van der Waals surface area contributed by atoms with Crippen LogP contribution in [0.4, 0.5) is 5.95 Å². The van der Waals surface area contributed by atoms with Gasteiger partial charge in [-0.15, -0.1) is 0 Å². The highest BCUT2D eigenvalue weighted by molar-refractivity contribution is 6.04. The summed E-state index contributed by atoms with van der Waals surface area (Å²) in [5, 5.41) is 5.39. The molecule has 8 heteroatoms. The number of amides is 1. The number of hydrogen-bond acceptors (Lipinski definition) is 5. The maximum atomic E-state index is 13.2. The van der Waals surface area contributed by atoms with E-state index in [1.807, 2.05) is 31.3 Å². The second kappa shape index (κ2) is 6.98. The Labute approximate surface area is 172 Å². The van der Waals surface area contributed by atoms with E-state index >= 15 is 0 Å². The normalized spacial score (nSPS) is 14.6. The lowest BCUT2D eigenvalue weighted by atomic mass is 10.1. The molecule has 1 saturated heterocycles. The van der Waals surface area contributed by atoms with E-state index in [-0.39, 0.29) is 11.5 Å². The molecule has 152 valence electrons. The van der Waals surface area contributed by atoms with Crippen LogP contribution in [-0.2, 0) is 14.1 Å². The zero-order valence-electron chi connectivity index (χ0n) is 16.9. The van der Waals surface area contributed by atoms with Gasteiger partial charge in [-0.05, 0) is 18.2 Å². The Hall–Kier alpha value is -3.68. The smallest absolute Gasteiger partial charge is 0.275 e. The first-order valence-electron chi connectivity index (χ1n) is 9.96. The van der Waals surface area contributed by atoms with Crippen molar-refractivity contribution >= 4 is 33.7 Å². The number of benzene rings is 2. The van der Waals surface area contributed by atoms with Crippen LogP contribution in [0, 0.1) is 0 Å².